The minimum atomic E-state index is -4.40. The van der Waals surface area contributed by atoms with Gasteiger partial charge >= 0.3 is 12.2 Å². The number of aromatic nitrogens is 2. The first-order chi connectivity index (χ1) is 17.1. The molecule has 2 heterocycles. The van der Waals surface area contributed by atoms with Crippen molar-refractivity contribution >= 4 is 17.5 Å². The number of hydrogen-bond acceptors (Lipinski definition) is 5. The van der Waals surface area contributed by atoms with Gasteiger partial charge in [0.15, 0.2) is 0 Å². The Bertz CT molecular complexity index is 1240. The number of anilines is 2. The van der Waals surface area contributed by atoms with Crippen molar-refractivity contribution in [1.29, 1.82) is 0 Å². The Morgan fingerprint density at radius 2 is 1.75 bits per heavy atom. The highest BCUT2D eigenvalue weighted by Gasteiger charge is 2.31. The van der Waals surface area contributed by atoms with Gasteiger partial charge in [-0.2, -0.15) is 13.2 Å². The van der Waals surface area contributed by atoms with E-state index in [0.717, 1.165) is 17.3 Å². The average Bonchev–Trinajstić information content (AvgIpc) is 2.85. The maximum atomic E-state index is 13.2. The molecule has 1 aliphatic rings. The summed E-state index contributed by atoms with van der Waals surface area (Å²) in [6.07, 6.45) is -4.12. The van der Waals surface area contributed by atoms with E-state index in [4.69, 9.17) is 4.74 Å². The van der Waals surface area contributed by atoms with Crippen LogP contribution in [0.25, 0.3) is 0 Å². The zero-order chi connectivity index (χ0) is 25.9. The number of methoxy groups -OCH3 is 1. The third-order valence-corrected chi connectivity index (χ3v) is 6.13. The first-order valence-corrected chi connectivity index (χ1v) is 11.6. The fraction of sp³-hybridized carbons (Fsp3) is 0.346. The number of amides is 2. The summed E-state index contributed by atoms with van der Waals surface area (Å²) in [6, 6.07) is 12.3. The summed E-state index contributed by atoms with van der Waals surface area (Å²) in [6.45, 7) is 5.66. The molecule has 1 saturated heterocycles. The van der Waals surface area contributed by atoms with Gasteiger partial charge in [-0.1, -0.05) is 24.3 Å². The van der Waals surface area contributed by atoms with Crippen molar-refractivity contribution in [2.45, 2.75) is 26.4 Å². The van der Waals surface area contributed by atoms with Gasteiger partial charge in [0.05, 0.1) is 12.7 Å². The van der Waals surface area contributed by atoms with E-state index in [2.05, 4.69) is 20.2 Å². The Balaban J connectivity index is 1.48. The Morgan fingerprint density at radius 3 is 2.44 bits per heavy atom. The molecule has 10 heteroatoms. The van der Waals surface area contributed by atoms with E-state index >= 15 is 0 Å². The smallest absolute Gasteiger partial charge is 0.416 e. The van der Waals surface area contributed by atoms with Crippen molar-refractivity contribution in [2.75, 3.05) is 43.5 Å². The molecule has 1 aromatic heterocycles. The molecule has 1 aliphatic heterocycles. The molecule has 4 rings (SSSR count). The Kier molecular flexibility index (Phi) is 7.32. The van der Waals surface area contributed by atoms with E-state index in [1.165, 1.54) is 12.1 Å². The lowest BCUT2D eigenvalue weighted by Gasteiger charge is -2.36. The lowest BCUT2D eigenvalue weighted by molar-refractivity contribution is -0.137. The lowest BCUT2D eigenvalue weighted by atomic mass is 10.0. The number of nitrogens with zero attached hydrogens (tertiary/aromatic N) is 4. The normalized spacial score (nSPS) is 14.1. The SMILES string of the molecule is COc1cccc(NC(=O)N2CCN(c3nc(C)nc(C)c3Cc3cccc(C(F)(F)F)c3)CC2)c1. The number of benzene rings is 2. The van der Waals surface area contributed by atoms with Gasteiger partial charge in [0.2, 0.25) is 0 Å². The highest BCUT2D eigenvalue weighted by atomic mass is 19.4. The summed E-state index contributed by atoms with van der Waals surface area (Å²) in [7, 11) is 1.57. The van der Waals surface area contributed by atoms with Crippen molar-refractivity contribution in [3.63, 3.8) is 0 Å². The number of nitrogens with one attached hydrogen (secondary N) is 1. The number of carbonyl (C=O) groups is 1. The predicted molar refractivity (Wildman–Crippen MR) is 132 cm³/mol. The molecular formula is C26H28F3N5O2. The predicted octanol–water partition coefficient (Wildman–Crippen LogP) is 5.07. The van der Waals surface area contributed by atoms with E-state index < -0.39 is 11.7 Å². The monoisotopic (exact) mass is 499 g/mol. The fourth-order valence-electron chi connectivity index (χ4n) is 4.27. The Morgan fingerprint density at radius 1 is 1.03 bits per heavy atom. The number of aryl methyl sites for hydroxylation is 2. The van der Waals surface area contributed by atoms with Gasteiger partial charge in [0.25, 0.3) is 0 Å². The van der Waals surface area contributed by atoms with Crippen LogP contribution in [0.5, 0.6) is 5.75 Å². The number of urea groups is 1. The molecule has 0 spiro atoms. The summed E-state index contributed by atoms with van der Waals surface area (Å²) in [5.74, 6) is 1.94. The van der Waals surface area contributed by atoms with Gasteiger partial charge in [0.1, 0.15) is 17.4 Å². The van der Waals surface area contributed by atoms with Crippen molar-refractivity contribution < 1.29 is 22.7 Å². The minimum absolute atomic E-state index is 0.206. The highest BCUT2D eigenvalue weighted by molar-refractivity contribution is 5.89. The third kappa shape index (κ3) is 5.87. The van der Waals surface area contributed by atoms with Crippen LogP contribution >= 0.6 is 0 Å². The molecule has 7 nitrogen and oxygen atoms in total. The molecule has 1 fully saturated rings. The Hall–Kier alpha value is -3.82. The zero-order valence-electron chi connectivity index (χ0n) is 20.4. The summed E-state index contributed by atoms with van der Waals surface area (Å²) < 4.78 is 44.8. The van der Waals surface area contributed by atoms with E-state index in [9.17, 15) is 18.0 Å². The maximum Gasteiger partial charge on any atom is 0.416 e. The quantitative estimate of drug-likeness (QED) is 0.531. The molecular weight excluding hydrogens is 471 g/mol. The second-order valence-electron chi connectivity index (χ2n) is 8.67. The van der Waals surface area contributed by atoms with Gasteiger partial charge in [-0.3, -0.25) is 0 Å². The van der Waals surface area contributed by atoms with Crippen LogP contribution in [0.3, 0.4) is 0 Å². The number of ether oxygens (including phenoxy) is 1. The molecule has 2 amide bonds. The number of rotatable bonds is 5. The standard InChI is InChI=1S/C26H28F3N5O2/c1-17-23(15-19-6-4-7-20(14-19)26(27,28)29)24(31-18(2)30-17)33-10-12-34(13-11-33)25(35)32-21-8-5-9-22(16-21)36-3/h4-9,14,16H,10-13,15H2,1-3H3,(H,32,35). The van der Waals surface area contributed by atoms with Crippen LogP contribution in [-0.4, -0.2) is 54.2 Å². The molecule has 36 heavy (non-hydrogen) atoms. The van der Waals surface area contributed by atoms with Gasteiger partial charge in [-0.25, -0.2) is 14.8 Å². The van der Waals surface area contributed by atoms with Crippen molar-refractivity contribution in [3.8, 4) is 5.75 Å². The van der Waals surface area contributed by atoms with Crippen molar-refractivity contribution in [3.05, 3.63) is 76.7 Å². The lowest BCUT2D eigenvalue weighted by Crippen LogP contribution is -2.50. The van der Waals surface area contributed by atoms with Crippen LogP contribution < -0.4 is 15.0 Å². The number of hydrogen-bond donors (Lipinski definition) is 1. The molecule has 0 radical (unpaired) electrons. The Labute approximate surface area is 207 Å². The van der Waals surface area contributed by atoms with Gasteiger partial charge < -0.3 is 19.9 Å². The van der Waals surface area contributed by atoms with Crippen LogP contribution in [0, 0.1) is 13.8 Å². The summed E-state index contributed by atoms with van der Waals surface area (Å²) in [4.78, 5) is 25.7. The topological polar surface area (TPSA) is 70.6 Å². The second kappa shape index (κ2) is 10.4. The fourth-order valence-corrected chi connectivity index (χ4v) is 4.27. The van der Waals surface area contributed by atoms with Gasteiger partial charge in [0, 0.05) is 55.6 Å². The van der Waals surface area contributed by atoms with Gasteiger partial charge in [-0.05, 0) is 37.6 Å². The van der Waals surface area contributed by atoms with Crippen molar-refractivity contribution in [2.24, 2.45) is 0 Å². The van der Waals surface area contributed by atoms with E-state index in [0.29, 0.717) is 54.8 Å². The highest BCUT2D eigenvalue weighted by Crippen LogP contribution is 2.31. The maximum absolute atomic E-state index is 13.2. The zero-order valence-corrected chi connectivity index (χ0v) is 20.4. The molecule has 0 unspecified atom stereocenters. The molecule has 0 bridgehead atoms. The van der Waals surface area contributed by atoms with Crippen LogP contribution in [-0.2, 0) is 12.6 Å². The summed E-state index contributed by atoms with van der Waals surface area (Å²) >= 11 is 0. The largest absolute Gasteiger partial charge is 0.497 e. The van der Waals surface area contributed by atoms with E-state index in [1.54, 1.807) is 49.3 Å². The second-order valence-corrected chi connectivity index (χ2v) is 8.67. The average molecular weight is 500 g/mol. The van der Waals surface area contributed by atoms with Crippen molar-refractivity contribution in [1.82, 2.24) is 14.9 Å². The first-order valence-electron chi connectivity index (χ1n) is 11.6. The number of piperazine rings is 1. The number of alkyl halides is 3. The van der Waals surface area contributed by atoms with Crippen LogP contribution in [0.2, 0.25) is 0 Å². The number of carbonyl (C=O) groups excluding carboxylic acids is 1. The summed E-state index contributed by atoms with van der Waals surface area (Å²) in [5.41, 5.74) is 2.02. The minimum Gasteiger partial charge on any atom is -0.497 e. The third-order valence-electron chi connectivity index (χ3n) is 6.13. The van der Waals surface area contributed by atoms with Crippen LogP contribution in [0.15, 0.2) is 48.5 Å². The molecule has 1 N–H and O–H groups in total. The number of halogens is 3. The molecule has 3 aromatic rings. The van der Waals surface area contributed by atoms with E-state index in [-0.39, 0.29) is 12.5 Å². The molecule has 0 aliphatic carbocycles. The van der Waals surface area contributed by atoms with E-state index in [1.807, 2.05) is 6.92 Å². The molecule has 0 atom stereocenters. The van der Waals surface area contributed by atoms with Crippen LogP contribution in [0.4, 0.5) is 29.5 Å². The summed E-state index contributed by atoms with van der Waals surface area (Å²) in [5, 5.41) is 2.89. The van der Waals surface area contributed by atoms with Gasteiger partial charge in [-0.15, -0.1) is 0 Å². The van der Waals surface area contributed by atoms with Crippen LogP contribution in [0.1, 0.15) is 28.2 Å². The first kappa shape index (κ1) is 25.3. The molecule has 0 saturated carbocycles. The molecule has 2 aromatic carbocycles. The molecule has 190 valence electrons.